The molecule has 0 aromatic heterocycles. The quantitative estimate of drug-likeness (QED) is 0.864. The van der Waals surface area contributed by atoms with Crippen LogP contribution in [0.1, 0.15) is 36.0 Å². The minimum atomic E-state index is 0.00992. The van der Waals surface area contributed by atoms with Gasteiger partial charge in [-0.15, -0.1) is 11.6 Å². The number of amides is 1. The van der Waals surface area contributed by atoms with Crippen LogP contribution in [0.4, 0.5) is 5.69 Å². The van der Waals surface area contributed by atoms with Gasteiger partial charge in [0.25, 0.3) is 5.91 Å². The highest BCUT2D eigenvalue weighted by molar-refractivity contribution is 6.18. The van der Waals surface area contributed by atoms with Crippen molar-refractivity contribution in [3.63, 3.8) is 0 Å². The van der Waals surface area contributed by atoms with Crippen LogP contribution in [0, 0.1) is 5.92 Å². The Kier molecular flexibility index (Phi) is 5.30. The minimum absolute atomic E-state index is 0.00992. The Labute approximate surface area is 126 Å². The number of carbonyl (C=O) groups is 1. The van der Waals surface area contributed by atoms with Crippen LogP contribution < -0.4 is 10.2 Å². The summed E-state index contributed by atoms with van der Waals surface area (Å²) in [5.41, 5.74) is 1.75. The fourth-order valence-corrected chi connectivity index (χ4v) is 3.13. The van der Waals surface area contributed by atoms with E-state index in [4.69, 9.17) is 11.6 Å². The molecule has 0 saturated heterocycles. The summed E-state index contributed by atoms with van der Waals surface area (Å²) in [6, 6.07) is 7.93. The maximum absolute atomic E-state index is 12.4. The van der Waals surface area contributed by atoms with E-state index in [9.17, 15) is 4.79 Å². The molecule has 3 nitrogen and oxygen atoms in total. The normalized spacial score (nSPS) is 22.4. The van der Waals surface area contributed by atoms with Gasteiger partial charge >= 0.3 is 0 Å². The molecule has 1 amide bonds. The van der Waals surface area contributed by atoms with Crippen molar-refractivity contribution in [2.24, 2.45) is 5.92 Å². The maximum atomic E-state index is 12.4. The molecule has 1 aromatic carbocycles. The van der Waals surface area contributed by atoms with Gasteiger partial charge in [0, 0.05) is 37.3 Å². The van der Waals surface area contributed by atoms with E-state index < -0.39 is 0 Å². The molecule has 0 spiro atoms. The number of nitrogens with zero attached hydrogens (tertiary/aromatic N) is 1. The number of alkyl halides is 1. The van der Waals surface area contributed by atoms with E-state index in [1.165, 1.54) is 12.8 Å². The lowest BCUT2D eigenvalue weighted by atomic mass is 9.85. The van der Waals surface area contributed by atoms with Crippen LogP contribution in [0.25, 0.3) is 0 Å². The Balaban J connectivity index is 2.05. The minimum Gasteiger partial charge on any atom is -0.378 e. The van der Waals surface area contributed by atoms with E-state index in [2.05, 4.69) is 5.32 Å². The monoisotopic (exact) mass is 294 g/mol. The standard InChI is InChI=1S/C16H23ClN2O/c1-19(2)14-8-5-7-12(10-14)16(20)18-15-9-4-3-6-13(15)11-17/h5,7-8,10,13,15H,3-4,6,9,11H2,1-2H3,(H,18,20). The third-order valence-corrected chi connectivity index (χ3v) is 4.44. The molecule has 0 radical (unpaired) electrons. The fraction of sp³-hybridized carbons (Fsp3) is 0.562. The van der Waals surface area contributed by atoms with Gasteiger partial charge in [0.05, 0.1) is 0 Å². The van der Waals surface area contributed by atoms with Crippen LogP contribution >= 0.6 is 11.6 Å². The Bertz CT molecular complexity index is 462. The molecule has 0 aliphatic heterocycles. The smallest absolute Gasteiger partial charge is 0.251 e. The summed E-state index contributed by atoms with van der Waals surface area (Å²) in [6.07, 6.45) is 4.55. The van der Waals surface area contributed by atoms with Crippen LogP contribution in [0.15, 0.2) is 24.3 Å². The molecule has 0 bridgehead atoms. The van der Waals surface area contributed by atoms with E-state index in [0.29, 0.717) is 11.8 Å². The van der Waals surface area contributed by atoms with E-state index in [1.807, 2.05) is 43.3 Å². The molecule has 2 unspecified atom stereocenters. The molecular formula is C16H23ClN2O. The molecule has 4 heteroatoms. The van der Waals surface area contributed by atoms with Crippen molar-refractivity contribution in [2.45, 2.75) is 31.7 Å². The summed E-state index contributed by atoms with van der Waals surface area (Å²) in [4.78, 5) is 14.4. The predicted molar refractivity (Wildman–Crippen MR) is 84.7 cm³/mol. The first-order chi connectivity index (χ1) is 9.61. The molecule has 2 atom stereocenters. The number of hydrogen-bond donors (Lipinski definition) is 1. The molecule has 1 saturated carbocycles. The number of halogens is 1. The zero-order valence-electron chi connectivity index (χ0n) is 12.2. The predicted octanol–water partition coefficient (Wildman–Crippen LogP) is 3.28. The van der Waals surface area contributed by atoms with Crippen molar-refractivity contribution in [1.29, 1.82) is 0 Å². The van der Waals surface area contributed by atoms with Crippen molar-refractivity contribution in [1.82, 2.24) is 5.32 Å². The highest BCUT2D eigenvalue weighted by Gasteiger charge is 2.26. The van der Waals surface area contributed by atoms with E-state index >= 15 is 0 Å². The summed E-state index contributed by atoms with van der Waals surface area (Å²) in [7, 11) is 3.95. The second-order valence-electron chi connectivity index (χ2n) is 5.72. The first-order valence-electron chi connectivity index (χ1n) is 7.26. The van der Waals surface area contributed by atoms with E-state index in [-0.39, 0.29) is 11.9 Å². The van der Waals surface area contributed by atoms with Gasteiger partial charge in [0.15, 0.2) is 0 Å². The fourth-order valence-electron chi connectivity index (χ4n) is 2.76. The lowest BCUT2D eigenvalue weighted by Crippen LogP contribution is -2.42. The summed E-state index contributed by atoms with van der Waals surface area (Å²) in [5, 5.41) is 3.16. The third kappa shape index (κ3) is 3.66. The molecule has 0 heterocycles. The van der Waals surface area contributed by atoms with Gasteiger partial charge in [0.1, 0.15) is 0 Å². The summed E-state index contributed by atoms with van der Waals surface area (Å²) < 4.78 is 0. The number of benzene rings is 1. The molecular weight excluding hydrogens is 272 g/mol. The van der Waals surface area contributed by atoms with Gasteiger partial charge in [-0.05, 0) is 37.0 Å². The van der Waals surface area contributed by atoms with Gasteiger partial charge < -0.3 is 10.2 Å². The number of nitrogens with one attached hydrogen (secondary N) is 1. The topological polar surface area (TPSA) is 32.3 Å². The second-order valence-corrected chi connectivity index (χ2v) is 6.03. The Morgan fingerprint density at radius 2 is 2.10 bits per heavy atom. The van der Waals surface area contributed by atoms with E-state index in [0.717, 1.165) is 24.1 Å². The van der Waals surface area contributed by atoms with Crippen LogP contribution in [-0.4, -0.2) is 31.9 Å². The molecule has 1 aliphatic rings. The first kappa shape index (κ1) is 15.2. The summed E-state index contributed by atoms with van der Waals surface area (Å²) >= 11 is 6.01. The second kappa shape index (κ2) is 6.98. The molecule has 20 heavy (non-hydrogen) atoms. The molecule has 1 aromatic rings. The zero-order chi connectivity index (χ0) is 14.5. The van der Waals surface area contributed by atoms with Gasteiger partial charge in [-0.3, -0.25) is 4.79 Å². The van der Waals surface area contributed by atoms with Gasteiger partial charge in [0.2, 0.25) is 0 Å². The summed E-state index contributed by atoms with van der Waals surface area (Å²) in [6.45, 7) is 0. The number of rotatable bonds is 4. The van der Waals surface area contributed by atoms with Crippen molar-refractivity contribution >= 4 is 23.2 Å². The van der Waals surface area contributed by atoms with Crippen molar-refractivity contribution in [3.05, 3.63) is 29.8 Å². The van der Waals surface area contributed by atoms with Gasteiger partial charge in [-0.2, -0.15) is 0 Å². The number of anilines is 1. The largest absolute Gasteiger partial charge is 0.378 e. The van der Waals surface area contributed by atoms with Crippen molar-refractivity contribution in [2.75, 3.05) is 24.9 Å². The first-order valence-corrected chi connectivity index (χ1v) is 7.79. The molecule has 1 aliphatic carbocycles. The van der Waals surface area contributed by atoms with Crippen molar-refractivity contribution < 1.29 is 4.79 Å². The van der Waals surface area contributed by atoms with Crippen LogP contribution in [0.2, 0.25) is 0 Å². The SMILES string of the molecule is CN(C)c1cccc(C(=O)NC2CCCCC2CCl)c1. The van der Waals surface area contributed by atoms with Gasteiger partial charge in [-0.1, -0.05) is 18.9 Å². The molecule has 110 valence electrons. The Morgan fingerprint density at radius 1 is 1.35 bits per heavy atom. The van der Waals surface area contributed by atoms with Crippen LogP contribution in [-0.2, 0) is 0 Å². The molecule has 2 rings (SSSR count). The third-order valence-electron chi connectivity index (χ3n) is 4.05. The Morgan fingerprint density at radius 3 is 2.80 bits per heavy atom. The van der Waals surface area contributed by atoms with Crippen LogP contribution in [0.3, 0.4) is 0 Å². The highest BCUT2D eigenvalue weighted by Crippen LogP contribution is 2.25. The van der Waals surface area contributed by atoms with Crippen LogP contribution in [0.5, 0.6) is 0 Å². The zero-order valence-corrected chi connectivity index (χ0v) is 13.0. The average molecular weight is 295 g/mol. The molecule has 1 N–H and O–H groups in total. The lowest BCUT2D eigenvalue weighted by Gasteiger charge is -2.30. The maximum Gasteiger partial charge on any atom is 0.251 e. The van der Waals surface area contributed by atoms with Gasteiger partial charge in [-0.25, -0.2) is 0 Å². The van der Waals surface area contributed by atoms with E-state index in [1.54, 1.807) is 0 Å². The average Bonchev–Trinajstić information content (AvgIpc) is 2.48. The molecule has 1 fully saturated rings. The summed E-state index contributed by atoms with van der Waals surface area (Å²) in [5.74, 6) is 1.05. The highest BCUT2D eigenvalue weighted by atomic mass is 35.5. The number of carbonyl (C=O) groups excluding carboxylic acids is 1. The van der Waals surface area contributed by atoms with Crippen molar-refractivity contribution in [3.8, 4) is 0 Å². The lowest BCUT2D eigenvalue weighted by molar-refractivity contribution is 0.0911. The number of hydrogen-bond acceptors (Lipinski definition) is 2. The Hall–Kier alpha value is -1.22.